The number of anilines is 1. The van der Waals surface area contributed by atoms with Crippen molar-refractivity contribution in [2.45, 2.75) is 20.0 Å². The number of imidazole rings is 1. The summed E-state index contributed by atoms with van der Waals surface area (Å²) in [6.07, 6.45) is 1.89. The van der Waals surface area contributed by atoms with Crippen LogP contribution >= 0.6 is 15.9 Å². The molecular formula is C16H16BrN3. The second kappa shape index (κ2) is 5.67. The third-order valence-electron chi connectivity index (χ3n) is 3.37. The number of rotatable bonds is 4. The Bertz CT molecular complexity index is 716. The third-order valence-corrected chi connectivity index (χ3v) is 3.90. The molecule has 0 aliphatic rings. The molecular weight excluding hydrogens is 314 g/mol. The predicted octanol–water partition coefficient (Wildman–Crippen LogP) is 4.43. The van der Waals surface area contributed by atoms with Gasteiger partial charge in [-0.05, 0) is 42.8 Å². The summed E-state index contributed by atoms with van der Waals surface area (Å²) < 4.78 is 3.25. The van der Waals surface area contributed by atoms with Gasteiger partial charge in [0.15, 0.2) is 0 Å². The highest BCUT2D eigenvalue weighted by molar-refractivity contribution is 9.10. The highest BCUT2D eigenvalue weighted by atomic mass is 79.9. The molecule has 4 heteroatoms. The molecule has 0 amide bonds. The van der Waals surface area contributed by atoms with Crippen LogP contribution in [-0.4, -0.2) is 9.55 Å². The van der Waals surface area contributed by atoms with E-state index in [1.165, 1.54) is 11.1 Å². The van der Waals surface area contributed by atoms with Crippen molar-refractivity contribution in [3.05, 3.63) is 58.8 Å². The molecule has 3 rings (SSSR count). The van der Waals surface area contributed by atoms with Gasteiger partial charge >= 0.3 is 0 Å². The van der Waals surface area contributed by atoms with Gasteiger partial charge in [-0.1, -0.05) is 28.1 Å². The van der Waals surface area contributed by atoms with Crippen LogP contribution in [0.1, 0.15) is 12.5 Å². The average Bonchev–Trinajstić information content (AvgIpc) is 2.89. The van der Waals surface area contributed by atoms with Crippen molar-refractivity contribution in [1.82, 2.24) is 9.55 Å². The van der Waals surface area contributed by atoms with E-state index in [0.717, 1.165) is 28.8 Å². The summed E-state index contributed by atoms with van der Waals surface area (Å²) >= 11 is 3.45. The number of hydrogen-bond donors (Lipinski definition) is 1. The Labute approximate surface area is 126 Å². The van der Waals surface area contributed by atoms with Gasteiger partial charge in [-0.2, -0.15) is 0 Å². The lowest BCUT2D eigenvalue weighted by atomic mass is 10.2. The molecule has 0 atom stereocenters. The summed E-state index contributed by atoms with van der Waals surface area (Å²) in [5.41, 5.74) is 4.57. The van der Waals surface area contributed by atoms with E-state index in [2.05, 4.69) is 80.2 Å². The largest absolute Gasteiger partial charge is 0.381 e. The molecule has 0 saturated carbocycles. The number of benzene rings is 2. The summed E-state index contributed by atoms with van der Waals surface area (Å²) in [6, 6.07) is 14.7. The van der Waals surface area contributed by atoms with Crippen LogP contribution in [0.15, 0.2) is 53.3 Å². The monoisotopic (exact) mass is 329 g/mol. The Morgan fingerprint density at radius 3 is 2.70 bits per heavy atom. The fraction of sp³-hybridized carbons (Fsp3) is 0.188. The van der Waals surface area contributed by atoms with Crippen molar-refractivity contribution in [2.75, 3.05) is 5.32 Å². The molecule has 0 spiro atoms. The van der Waals surface area contributed by atoms with Gasteiger partial charge in [0.25, 0.3) is 0 Å². The minimum absolute atomic E-state index is 0.813. The molecule has 0 radical (unpaired) electrons. The standard InChI is InChI=1S/C16H16BrN3/c1-2-20-11-19-15-9-14(7-8-16(15)20)18-10-12-3-5-13(17)6-4-12/h3-9,11,18H,2,10H2,1H3. The smallest absolute Gasteiger partial charge is 0.0958 e. The Balaban J connectivity index is 1.76. The highest BCUT2D eigenvalue weighted by Crippen LogP contribution is 2.19. The maximum atomic E-state index is 4.43. The number of nitrogens with zero attached hydrogens (tertiary/aromatic N) is 2. The molecule has 1 N–H and O–H groups in total. The zero-order valence-corrected chi connectivity index (χ0v) is 12.9. The Morgan fingerprint density at radius 2 is 1.95 bits per heavy atom. The van der Waals surface area contributed by atoms with E-state index in [1.54, 1.807) is 0 Å². The van der Waals surface area contributed by atoms with Gasteiger partial charge in [-0.3, -0.25) is 0 Å². The van der Waals surface area contributed by atoms with Crippen LogP contribution < -0.4 is 5.32 Å². The van der Waals surface area contributed by atoms with Crippen LogP contribution in [-0.2, 0) is 13.1 Å². The first-order valence-electron chi connectivity index (χ1n) is 6.69. The first kappa shape index (κ1) is 13.2. The molecule has 2 aromatic carbocycles. The minimum atomic E-state index is 0.813. The zero-order valence-electron chi connectivity index (χ0n) is 11.3. The first-order chi connectivity index (χ1) is 9.76. The fourth-order valence-electron chi connectivity index (χ4n) is 2.23. The lowest BCUT2D eigenvalue weighted by molar-refractivity contribution is 0.787. The van der Waals surface area contributed by atoms with Crippen LogP contribution in [0.5, 0.6) is 0 Å². The average molecular weight is 330 g/mol. The SMILES string of the molecule is CCn1cnc2cc(NCc3ccc(Br)cc3)ccc21. The fourth-order valence-corrected chi connectivity index (χ4v) is 2.50. The van der Waals surface area contributed by atoms with E-state index in [-0.39, 0.29) is 0 Å². The summed E-state index contributed by atoms with van der Waals surface area (Å²) in [7, 11) is 0. The van der Waals surface area contributed by atoms with Crippen molar-refractivity contribution < 1.29 is 0 Å². The van der Waals surface area contributed by atoms with Crippen LogP contribution in [0.25, 0.3) is 11.0 Å². The van der Waals surface area contributed by atoms with E-state index in [0.29, 0.717) is 0 Å². The van der Waals surface area contributed by atoms with E-state index in [1.807, 2.05) is 6.33 Å². The van der Waals surface area contributed by atoms with Gasteiger partial charge in [-0.15, -0.1) is 0 Å². The van der Waals surface area contributed by atoms with Crippen molar-refractivity contribution in [3.8, 4) is 0 Å². The number of aromatic nitrogens is 2. The molecule has 0 aliphatic carbocycles. The van der Waals surface area contributed by atoms with Crippen LogP contribution in [0.3, 0.4) is 0 Å². The Morgan fingerprint density at radius 1 is 1.15 bits per heavy atom. The number of halogens is 1. The number of nitrogens with one attached hydrogen (secondary N) is 1. The van der Waals surface area contributed by atoms with Crippen molar-refractivity contribution in [3.63, 3.8) is 0 Å². The van der Waals surface area contributed by atoms with E-state index in [9.17, 15) is 0 Å². The second-order valence-electron chi connectivity index (χ2n) is 4.71. The van der Waals surface area contributed by atoms with Gasteiger partial charge in [0.05, 0.1) is 17.4 Å². The quantitative estimate of drug-likeness (QED) is 0.767. The van der Waals surface area contributed by atoms with Gasteiger partial charge in [-0.25, -0.2) is 4.98 Å². The molecule has 0 bridgehead atoms. The highest BCUT2D eigenvalue weighted by Gasteiger charge is 2.02. The number of fused-ring (bicyclic) bond motifs is 1. The van der Waals surface area contributed by atoms with E-state index >= 15 is 0 Å². The normalized spacial score (nSPS) is 10.9. The predicted molar refractivity (Wildman–Crippen MR) is 86.9 cm³/mol. The van der Waals surface area contributed by atoms with Crippen LogP contribution in [0, 0.1) is 0 Å². The molecule has 3 nitrogen and oxygen atoms in total. The Kier molecular flexibility index (Phi) is 3.74. The maximum Gasteiger partial charge on any atom is 0.0958 e. The van der Waals surface area contributed by atoms with Crippen molar-refractivity contribution >= 4 is 32.7 Å². The summed E-state index contributed by atoms with van der Waals surface area (Å²) in [5, 5.41) is 3.44. The van der Waals surface area contributed by atoms with Crippen molar-refractivity contribution in [1.29, 1.82) is 0 Å². The molecule has 0 saturated heterocycles. The molecule has 102 valence electrons. The molecule has 1 aromatic heterocycles. The van der Waals surface area contributed by atoms with E-state index in [4.69, 9.17) is 0 Å². The lowest BCUT2D eigenvalue weighted by Gasteiger charge is -2.07. The van der Waals surface area contributed by atoms with Crippen LogP contribution in [0.4, 0.5) is 5.69 Å². The molecule has 20 heavy (non-hydrogen) atoms. The minimum Gasteiger partial charge on any atom is -0.381 e. The van der Waals surface area contributed by atoms with Gasteiger partial charge < -0.3 is 9.88 Å². The zero-order chi connectivity index (χ0) is 13.9. The summed E-state index contributed by atoms with van der Waals surface area (Å²) in [6.45, 7) is 3.89. The van der Waals surface area contributed by atoms with Gasteiger partial charge in [0, 0.05) is 23.2 Å². The molecule has 3 aromatic rings. The molecule has 0 aliphatic heterocycles. The number of hydrogen-bond acceptors (Lipinski definition) is 2. The van der Waals surface area contributed by atoms with Gasteiger partial charge in [0.1, 0.15) is 0 Å². The second-order valence-corrected chi connectivity index (χ2v) is 5.63. The summed E-state index contributed by atoms with van der Waals surface area (Å²) in [4.78, 5) is 4.43. The first-order valence-corrected chi connectivity index (χ1v) is 7.49. The number of aryl methyl sites for hydroxylation is 1. The van der Waals surface area contributed by atoms with Crippen molar-refractivity contribution in [2.24, 2.45) is 0 Å². The van der Waals surface area contributed by atoms with E-state index < -0.39 is 0 Å². The third kappa shape index (κ3) is 2.70. The van der Waals surface area contributed by atoms with Gasteiger partial charge in [0.2, 0.25) is 0 Å². The molecule has 1 heterocycles. The maximum absolute atomic E-state index is 4.43. The lowest BCUT2D eigenvalue weighted by Crippen LogP contribution is -1.99. The molecule has 0 unspecified atom stereocenters. The topological polar surface area (TPSA) is 29.9 Å². The van der Waals surface area contributed by atoms with Crippen LogP contribution in [0.2, 0.25) is 0 Å². The molecule has 0 fully saturated rings. The summed E-state index contributed by atoms with van der Waals surface area (Å²) in [5.74, 6) is 0. The Hall–Kier alpha value is -1.81.